The predicted molar refractivity (Wildman–Crippen MR) is 108 cm³/mol. The van der Waals surface area contributed by atoms with Gasteiger partial charge in [-0.1, -0.05) is 15.9 Å². The molecule has 8 nitrogen and oxygen atoms in total. The molecule has 4 atom stereocenters. The number of benzene rings is 1. The topological polar surface area (TPSA) is 122 Å². The molecule has 1 aromatic carbocycles. The quantitative estimate of drug-likeness (QED) is 0.583. The fourth-order valence-corrected chi connectivity index (χ4v) is 5.34. The lowest BCUT2D eigenvalue weighted by Gasteiger charge is -2.34. The number of nitrogens with one attached hydrogen (secondary N) is 2. The number of primary amides is 1. The van der Waals surface area contributed by atoms with Crippen LogP contribution in [-0.2, 0) is 24.7 Å². The Bertz CT molecular complexity index is 956. The zero-order valence-electron chi connectivity index (χ0n) is 16.4. The van der Waals surface area contributed by atoms with Gasteiger partial charge in [0.15, 0.2) is 0 Å². The number of hydrogen-bond acceptors (Lipinski definition) is 5. The first-order valence-corrected chi connectivity index (χ1v) is 10.3. The number of anilines is 1. The molecule has 2 fully saturated rings. The normalized spacial score (nSPS) is 30.7. The van der Waals surface area contributed by atoms with Gasteiger partial charge in [0.25, 0.3) is 0 Å². The van der Waals surface area contributed by atoms with Gasteiger partial charge in [-0.25, -0.2) is 0 Å². The summed E-state index contributed by atoms with van der Waals surface area (Å²) in [7, 11) is 0. The van der Waals surface area contributed by atoms with Crippen LogP contribution in [0.15, 0.2) is 22.7 Å². The highest BCUT2D eigenvalue weighted by Crippen LogP contribution is 2.54. The summed E-state index contributed by atoms with van der Waals surface area (Å²) in [5.74, 6) is -3.17. The molecule has 4 N–H and O–H groups in total. The van der Waals surface area contributed by atoms with E-state index in [-0.39, 0.29) is 30.6 Å². The van der Waals surface area contributed by atoms with Crippen LogP contribution in [-0.4, -0.2) is 40.1 Å². The van der Waals surface area contributed by atoms with E-state index in [1.807, 2.05) is 0 Å². The van der Waals surface area contributed by atoms with Gasteiger partial charge in [-0.2, -0.15) is 0 Å². The van der Waals surface area contributed by atoms with Crippen LogP contribution >= 0.6 is 15.9 Å². The average molecular weight is 463 g/mol. The summed E-state index contributed by atoms with van der Waals surface area (Å²) >= 11 is 3.43. The summed E-state index contributed by atoms with van der Waals surface area (Å²) in [5, 5.41) is 6.13. The van der Waals surface area contributed by atoms with Gasteiger partial charge < -0.3 is 11.1 Å². The lowest BCUT2D eigenvalue weighted by Crippen LogP contribution is -2.55. The van der Waals surface area contributed by atoms with Crippen molar-refractivity contribution in [3.63, 3.8) is 0 Å². The monoisotopic (exact) mass is 462 g/mol. The van der Waals surface area contributed by atoms with Crippen molar-refractivity contribution < 1.29 is 19.2 Å². The Kier molecular flexibility index (Phi) is 4.40. The Morgan fingerprint density at radius 1 is 1.24 bits per heavy atom. The number of carbonyl (C=O) groups excluding carboxylic acids is 4. The number of halogens is 1. The number of amides is 4. The van der Waals surface area contributed by atoms with Crippen LogP contribution in [0, 0.1) is 11.8 Å². The highest BCUT2D eigenvalue weighted by atomic mass is 79.9. The maximum atomic E-state index is 13.5. The third kappa shape index (κ3) is 2.74. The number of fused-ring (bicyclic) bond motifs is 4. The molecule has 4 rings (SSSR count). The highest BCUT2D eigenvalue weighted by Gasteiger charge is 2.71. The van der Waals surface area contributed by atoms with Crippen molar-refractivity contribution in [2.75, 3.05) is 5.32 Å². The molecule has 2 unspecified atom stereocenters. The SMILES string of the molecule is CC(C)(C)N1C(=O)[C@@H]2C(CCC(N)=O)NC3(C(=O)Nc4ccc(Br)cc43)[C@@H]2C1=O. The van der Waals surface area contributed by atoms with Gasteiger partial charge in [0, 0.05) is 33.7 Å². The molecule has 3 heterocycles. The van der Waals surface area contributed by atoms with Crippen LogP contribution < -0.4 is 16.4 Å². The number of carbonyl (C=O) groups is 4. The first kappa shape index (κ1) is 20.0. The molecule has 0 aromatic heterocycles. The fraction of sp³-hybridized carbons (Fsp3) is 0.500. The van der Waals surface area contributed by atoms with E-state index in [0.29, 0.717) is 11.3 Å². The first-order chi connectivity index (χ1) is 13.5. The summed E-state index contributed by atoms with van der Waals surface area (Å²) in [6.45, 7) is 5.38. The van der Waals surface area contributed by atoms with Crippen molar-refractivity contribution in [1.29, 1.82) is 0 Å². The van der Waals surface area contributed by atoms with Crippen LogP contribution in [0.5, 0.6) is 0 Å². The maximum absolute atomic E-state index is 13.5. The maximum Gasteiger partial charge on any atom is 0.250 e. The second-order valence-electron chi connectivity index (χ2n) is 8.89. The smallest absolute Gasteiger partial charge is 0.250 e. The minimum Gasteiger partial charge on any atom is -0.370 e. The number of imide groups is 1. The van der Waals surface area contributed by atoms with E-state index in [9.17, 15) is 19.2 Å². The van der Waals surface area contributed by atoms with Crippen LogP contribution in [0.25, 0.3) is 0 Å². The number of hydrogen-bond donors (Lipinski definition) is 3. The minimum atomic E-state index is -1.36. The van der Waals surface area contributed by atoms with Gasteiger partial charge in [-0.05, 0) is 45.4 Å². The molecule has 3 aliphatic rings. The van der Waals surface area contributed by atoms with E-state index in [1.165, 1.54) is 4.90 Å². The Balaban J connectivity index is 1.88. The molecule has 154 valence electrons. The Labute approximate surface area is 176 Å². The van der Waals surface area contributed by atoms with Gasteiger partial charge in [0.1, 0.15) is 5.54 Å². The predicted octanol–water partition coefficient (Wildman–Crippen LogP) is 1.23. The largest absolute Gasteiger partial charge is 0.370 e. The van der Waals surface area contributed by atoms with Crippen molar-refractivity contribution in [2.24, 2.45) is 17.6 Å². The van der Waals surface area contributed by atoms with Crippen molar-refractivity contribution in [3.05, 3.63) is 28.2 Å². The third-order valence-corrected chi connectivity index (χ3v) is 6.54. The van der Waals surface area contributed by atoms with Gasteiger partial charge in [0.2, 0.25) is 23.6 Å². The molecule has 1 spiro atoms. The molecular weight excluding hydrogens is 440 g/mol. The standard InChI is InChI=1S/C20H23BrN4O4/c1-19(2,3)25-16(27)14-12(6-7-13(22)26)24-20(15(14)17(25)28)10-8-9(21)4-5-11(10)23-18(20)29/h4-5,8,12,14-15,24H,6-7H2,1-3H3,(H2,22,26)(H,23,29)/t12?,14-,15+,20?/m1/s1. The number of nitrogens with zero attached hydrogens (tertiary/aromatic N) is 1. The van der Waals surface area contributed by atoms with E-state index in [4.69, 9.17) is 5.73 Å². The van der Waals surface area contributed by atoms with Crippen LogP contribution in [0.2, 0.25) is 0 Å². The van der Waals surface area contributed by atoms with E-state index in [1.54, 1.807) is 39.0 Å². The Morgan fingerprint density at radius 2 is 1.93 bits per heavy atom. The van der Waals surface area contributed by atoms with Crippen LogP contribution in [0.3, 0.4) is 0 Å². The fourth-order valence-electron chi connectivity index (χ4n) is 4.98. The number of likely N-dealkylation sites (tertiary alicyclic amines) is 1. The van der Waals surface area contributed by atoms with Crippen molar-refractivity contribution >= 4 is 45.2 Å². The molecule has 0 radical (unpaired) electrons. The molecule has 1 aromatic rings. The Morgan fingerprint density at radius 3 is 2.55 bits per heavy atom. The first-order valence-electron chi connectivity index (χ1n) is 9.54. The van der Waals surface area contributed by atoms with Gasteiger partial charge >= 0.3 is 0 Å². The number of nitrogens with two attached hydrogens (primary N) is 1. The Hall–Kier alpha value is -2.26. The molecule has 0 aliphatic carbocycles. The zero-order chi connectivity index (χ0) is 21.3. The van der Waals surface area contributed by atoms with Crippen molar-refractivity contribution in [1.82, 2.24) is 10.2 Å². The molecule has 2 saturated heterocycles. The van der Waals surface area contributed by atoms with Crippen molar-refractivity contribution in [3.8, 4) is 0 Å². The van der Waals surface area contributed by atoms with Crippen molar-refractivity contribution in [2.45, 2.75) is 50.7 Å². The molecule has 0 saturated carbocycles. The molecule has 4 amide bonds. The second-order valence-corrected chi connectivity index (χ2v) is 9.81. The molecule has 3 aliphatic heterocycles. The van der Waals surface area contributed by atoms with E-state index < -0.39 is 34.9 Å². The average Bonchev–Trinajstić information content (AvgIpc) is 3.18. The van der Waals surface area contributed by atoms with Gasteiger partial charge in [-0.3, -0.25) is 29.4 Å². The summed E-state index contributed by atoms with van der Waals surface area (Å²) in [5.41, 5.74) is 4.47. The minimum absolute atomic E-state index is 0.0565. The number of rotatable bonds is 3. The second kappa shape index (κ2) is 6.37. The summed E-state index contributed by atoms with van der Waals surface area (Å²) in [6, 6.07) is 4.85. The summed E-state index contributed by atoms with van der Waals surface area (Å²) < 4.78 is 0.760. The van der Waals surface area contributed by atoms with E-state index in [0.717, 1.165) is 4.47 Å². The highest BCUT2D eigenvalue weighted by molar-refractivity contribution is 9.10. The van der Waals surface area contributed by atoms with E-state index >= 15 is 0 Å². The molecular formula is C20H23BrN4O4. The lowest BCUT2D eigenvalue weighted by molar-refractivity contribution is -0.148. The molecule has 29 heavy (non-hydrogen) atoms. The molecule has 0 bridgehead atoms. The van der Waals surface area contributed by atoms with Gasteiger partial charge in [-0.15, -0.1) is 0 Å². The molecule has 9 heteroatoms. The van der Waals surface area contributed by atoms with E-state index in [2.05, 4.69) is 26.6 Å². The summed E-state index contributed by atoms with van der Waals surface area (Å²) in [6.07, 6.45) is 0.326. The third-order valence-electron chi connectivity index (χ3n) is 6.05. The van der Waals surface area contributed by atoms with Crippen LogP contribution in [0.4, 0.5) is 5.69 Å². The lowest BCUT2D eigenvalue weighted by atomic mass is 9.76. The zero-order valence-corrected chi connectivity index (χ0v) is 18.0. The summed E-state index contributed by atoms with van der Waals surface area (Å²) in [4.78, 5) is 52.7. The van der Waals surface area contributed by atoms with Crippen LogP contribution in [0.1, 0.15) is 39.2 Å². The van der Waals surface area contributed by atoms with Gasteiger partial charge in [0.05, 0.1) is 11.8 Å².